The van der Waals surface area contributed by atoms with Gasteiger partial charge in [-0.3, -0.25) is 10.1 Å². The second-order valence-corrected chi connectivity index (χ2v) is 6.94. The molecule has 0 aromatic heterocycles. The molecule has 0 amide bonds. The number of hydrogen-bond donors (Lipinski definition) is 1. The van der Waals surface area contributed by atoms with Gasteiger partial charge in [0.1, 0.15) is 0 Å². The van der Waals surface area contributed by atoms with Gasteiger partial charge >= 0.3 is 0 Å². The zero-order valence-corrected chi connectivity index (χ0v) is 12.4. The van der Waals surface area contributed by atoms with E-state index in [1.807, 2.05) is 0 Å². The van der Waals surface area contributed by atoms with E-state index in [1.54, 1.807) is 13.8 Å². The highest BCUT2D eigenvalue weighted by Gasteiger charge is 2.33. The van der Waals surface area contributed by atoms with Crippen molar-refractivity contribution in [2.75, 3.05) is 20.1 Å². The molecule has 0 spiro atoms. The van der Waals surface area contributed by atoms with E-state index in [2.05, 4.69) is 5.32 Å². The number of nitrogens with zero attached hydrogens (tertiary/aromatic N) is 2. The predicted molar refractivity (Wildman–Crippen MR) is 74.2 cm³/mol. The van der Waals surface area contributed by atoms with Crippen LogP contribution in [-0.4, -0.2) is 43.8 Å². The molecule has 1 aliphatic rings. The number of hydrogen-bond acceptors (Lipinski definition) is 5. The van der Waals surface area contributed by atoms with Crippen LogP contribution in [0.25, 0.3) is 0 Å². The second kappa shape index (κ2) is 5.12. The van der Waals surface area contributed by atoms with Crippen LogP contribution in [0.1, 0.15) is 11.1 Å². The van der Waals surface area contributed by atoms with Gasteiger partial charge in [-0.05, 0) is 25.0 Å². The first-order valence-electron chi connectivity index (χ1n) is 6.19. The van der Waals surface area contributed by atoms with Crippen molar-refractivity contribution in [3.05, 3.63) is 33.4 Å². The summed E-state index contributed by atoms with van der Waals surface area (Å²) in [4.78, 5) is 10.3. The molecule has 0 atom stereocenters. The summed E-state index contributed by atoms with van der Waals surface area (Å²) < 4.78 is 26.5. The molecule has 1 fully saturated rings. The number of rotatable bonds is 4. The van der Waals surface area contributed by atoms with Gasteiger partial charge < -0.3 is 5.32 Å². The van der Waals surface area contributed by atoms with Crippen molar-refractivity contribution in [1.29, 1.82) is 0 Å². The Labute approximate surface area is 117 Å². The molecule has 2 rings (SSSR count). The number of nitro groups is 1. The molecule has 1 aliphatic heterocycles. The van der Waals surface area contributed by atoms with Crippen LogP contribution in [0, 0.1) is 24.0 Å². The summed E-state index contributed by atoms with van der Waals surface area (Å²) in [5.74, 6) is 0. The van der Waals surface area contributed by atoms with Crippen LogP contribution in [0.2, 0.25) is 0 Å². The molecular weight excluding hydrogens is 282 g/mol. The fourth-order valence-electron chi connectivity index (χ4n) is 2.06. The number of aryl methyl sites for hydroxylation is 1. The molecule has 0 aliphatic carbocycles. The van der Waals surface area contributed by atoms with Crippen LogP contribution >= 0.6 is 0 Å². The van der Waals surface area contributed by atoms with Gasteiger partial charge in [-0.15, -0.1) is 0 Å². The highest BCUT2D eigenvalue weighted by atomic mass is 32.2. The van der Waals surface area contributed by atoms with E-state index in [0.29, 0.717) is 24.2 Å². The Morgan fingerprint density at radius 1 is 1.35 bits per heavy atom. The molecule has 1 N–H and O–H groups in total. The Morgan fingerprint density at radius 2 is 1.95 bits per heavy atom. The summed E-state index contributed by atoms with van der Waals surface area (Å²) in [5.41, 5.74) is 0.944. The minimum atomic E-state index is -3.72. The van der Waals surface area contributed by atoms with Gasteiger partial charge in [0, 0.05) is 38.3 Å². The van der Waals surface area contributed by atoms with Crippen LogP contribution in [0.4, 0.5) is 5.69 Å². The van der Waals surface area contributed by atoms with Crippen LogP contribution in [0.15, 0.2) is 17.0 Å². The Kier molecular flexibility index (Phi) is 3.81. The van der Waals surface area contributed by atoms with Crippen molar-refractivity contribution in [3.8, 4) is 0 Å². The van der Waals surface area contributed by atoms with Gasteiger partial charge in [-0.2, -0.15) is 4.31 Å². The average molecular weight is 299 g/mol. The van der Waals surface area contributed by atoms with Crippen molar-refractivity contribution in [2.24, 2.45) is 0 Å². The zero-order valence-electron chi connectivity index (χ0n) is 11.6. The maximum atomic E-state index is 12.6. The fraction of sp³-hybridized carbons (Fsp3) is 0.500. The summed E-state index contributed by atoms with van der Waals surface area (Å²) in [5, 5.41) is 13.9. The number of nitro benzene ring substituents is 1. The lowest BCUT2D eigenvalue weighted by atomic mass is 10.1. The minimum Gasteiger partial charge on any atom is -0.313 e. The SMILES string of the molecule is Cc1cc([N+](=O)[O-])cc(S(=O)(=O)N(C)C2CNC2)c1C. The lowest BCUT2D eigenvalue weighted by Crippen LogP contribution is -2.57. The zero-order chi connectivity index (χ0) is 15.1. The average Bonchev–Trinajstić information content (AvgIpc) is 2.29. The Morgan fingerprint density at radius 3 is 2.40 bits per heavy atom. The summed E-state index contributed by atoms with van der Waals surface area (Å²) in [6.45, 7) is 4.54. The van der Waals surface area contributed by atoms with Gasteiger partial charge in [0.25, 0.3) is 5.69 Å². The van der Waals surface area contributed by atoms with Gasteiger partial charge in [0.05, 0.1) is 9.82 Å². The minimum absolute atomic E-state index is 0.0126. The van der Waals surface area contributed by atoms with E-state index in [0.717, 1.165) is 6.07 Å². The van der Waals surface area contributed by atoms with E-state index in [1.165, 1.54) is 17.4 Å². The van der Waals surface area contributed by atoms with Crippen LogP contribution in [0.3, 0.4) is 0 Å². The molecule has 1 saturated heterocycles. The molecule has 0 bridgehead atoms. The maximum absolute atomic E-state index is 12.6. The van der Waals surface area contributed by atoms with Gasteiger partial charge in [0.15, 0.2) is 0 Å². The topological polar surface area (TPSA) is 92.5 Å². The standard InChI is InChI=1S/C12H17N3O4S/c1-8-4-10(15(16)17)5-12(9(8)2)20(18,19)14(3)11-6-13-7-11/h4-5,11,13H,6-7H2,1-3H3. The molecule has 1 aromatic rings. The van der Waals surface area contributed by atoms with Gasteiger partial charge in [-0.1, -0.05) is 0 Å². The van der Waals surface area contributed by atoms with Crippen molar-refractivity contribution < 1.29 is 13.3 Å². The largest absolute Gasteiger partial charge is 0.313 e. The summed E-state index contributed by atoms with van der Waals surface area (Å²) >= 11 is 0. The molecule has 0 saturated carbocycles. The first kappa shape index (κ1) is 14.9. The summed E-state index contributed by atoms with van der Waals surface area (Å²) in [6, 6.07) is 2.43. The molecule has 0 unspecified atom stereocenters. The molecule has 1 heterocycles. The van der Waals surface area contributed by atoms with Crippen molar-refractivity contribution in [1.82, 2.24) is 9.62 Å². The third kappa shape index (κ3) is 2.41. The van der Waals surface area contributed by atoms with E-state index < -0.39 is 14.9 Å². The molecule has 0 radical (unpaired) electrons. The van der Waals surface area contributed by atoms with E-state index in [4.69, 9.17) is 0 Å². The molecule has 1 aromatic carbocycles. The van der Waals surface area contributed by atoms with E-state index >= 15 is 0 Å². The number of benzene rings is 1. The smallest absolute Gasteiger partial charge is 0.271 e. The Bertz CT molecular complexity index is 653. The summed E-state index contributed by atoms with van der Waals surface area (Å²) in [7, 11) is -2.21. The van der Waals surface area contributed by atoms with Gasteiger partial charge in [-0.25, -0.2) is 8.42 Å². The van der Waals surface area contributed by atoms with Crippen molar-refractivity contribution >= 4 is 15.7 Å². The number of sulfonamides is 1. The Hall–Kier alpha value is -1.51. The monoisotopic (exact) mass is 299 g/mol. The van der Waals surface area contributed by atoms with Crippen LogP contribution in [-0.2, 0) is 10.0 Å². The van der Waals surface area contributed by atoms with Crippen molar-refractivity contribution in [3.63, 3.8) is 0 Å². The molecule has 110 valence electrons. The number of likely N-dealkylation sites (N-methyl/N-ethyl adjacent to an activating group) is 1. The lowest BCUT2D eigenvalue weighted by molar-refractivity contribution is -0.385. The third-order valence-electron chi connectivity index (χ3n) is 3.75. The highest BCUT2D eigenvalue weighted by Crippen LogP contribution is 2.28. The Balaban J connectivity index is 2.52. The van der Waals surface area contributed by atoms with Crippen LogP contribution < -0.4 is 5.32 Å². The lowest BCUT2D eigenvalue weighted by Gasteiger charge is -2.35. The second-order valence-electron chi connectivity index (χ2n) is 4.98. The molecular formula is C12H17N3O4S. The predicted octanol–water partition coefficient (Wildman–Crippen LogP) is 0.804. The number of nitrogens with one attached hydrogen (secondary N) is 1. The van der Waals surface area contributed by atoms with Gasteiger partial charge in [0.2, 0.25) is 10.0 Å². The quantitative estimate of drug-likeness (QED) is 0.656. The molecule has 8 heteroatoms. The van der Waals surface area contributed by atoms with E-state index in [9.17, 15) is 18.5 Å². The number of non-ortho nitro benzene ring substituents is 1. The maximum Gasteiger partial charge on any atom is 0.271 e. The molecule has 7 nitrogen and oxygen atoms in total. The van der Waals surface area contributed by atoms with Crippen molar-refractivity contribution in [2.45, 2.75) is 24.8 Å². The first-order valence-corrected chi connectivity index (χ1v) is 7.63. The first-order chi connectivity index (χ1) is 9.25. The molecule has 20 heavy (non-hydrogen) atoms. The van der Waals surface area contributed by atoms with E-state index in [-0.39, 0.29) is 16.6 Å². The highest BCUT2D eigenvalue weighted by molar-refractivity contribution is 7.89. The normalized spacial score (nSPS) is 16.2. The fourth-order valence-corrected chi connectivity index (χ4v) is 3.73. The van der Waals surface area contributed by atoms with Crippen LogP contribution in [0.5, 0.6) is 0 Å². The third-order valence-corrected chi connectivity index (χ3v) is 5.78. The summed E-state index contributed by atoms with van der Waals surface area (Å²) in [6.07, 6.45) is 0.